The Morgan fingerprint density at radius 3 is 2.46 bits per heavy atom. The maximum absolute atomic E-state index is 12.6. The van der Waals surface area contributed by atoms with Gasteiger partial charge in [0.2, 0.25) is 5.91 Å². The molecule has 0 radical (unpaired) electrons. The first kappa shape index (κ1) is 18.7. The number of amides is 2. The minimum absolute atomic E-state index is 0.0922. The molecule has 1 aliphatic heterocycles. The van der Waals surface area contributed by atoms with Crippen LogP contribution in [-0.4, -0.2) is 70.2 Å². The molecule has 1 aromatic rings. The summed E-state index contributed by atoms with van der Waals surface area (Å²) >= 11 is 6.17. The van der Waals surface area contributed by atoms with Gasteiger partial charge in [0, 0.05) is 32.7 Å². The van der Waals surface area contributed by atoms with Crippen LogP contribution in [0.1, 0.15) is 36.5 Å². The van der Waals surface area contributed by atoms with Crippen LogP contribution in [-0.2, 0) is 11.8 Å². The van der Waals surface area contributed by atoms with Gasteiger partial charge in [-0.2, -0.15) is 5.10 Å². The van der Waals surface area contributed by atoms with Crippen LogP contribution in [0.4, 0.5) is 0 Å². The number of aromatic nitrogens is 2. The molecule has 1 aromatic heterocycles. The van der Waals surface area contributed by atoms with Gasteiger partial charge >= 0.3 is 0 Å². The Morgan fingerprint density at radius 2 is 1.96 bits per heavy atom. The van der Waals surface area contributed by atoms with Crippen molar-refractivity contribution in [2.24, 2.45) is 7.05 Å². The summed E-state index contributed by atoms with van der Waals surface area (Å²) in [5, 5.41) is 7.49. The van der Waals surface area contributed by atoms with Crippen molar-refractivity contribution in [2.75, 3.05) is 26.7 Å². The molecule has 1 aliphatic rings. The van der Waals surface area contributed by atoms with Crippen LogP contribution in [0.5, 0.6) is 0 Å². The number of hydrogen-bond acceptors (Lipinski definition) is 4. The number of likely N-dealkylation sites (N-methyl/N-ethyl adjacent to an activating group) is 2. The van der Waals surface area contributed by atoms with E-state index in [0.717, 1.165) is 5.69 Å². The minimum Gasteiger partial charge on any atom is -0.346 e. The zero-order valence-electron chi connectivity index (χ0n) is 15.0. The third kappa shape index (κ3) is 3.57. The molecule has 0 bridgehead atoms. The number of carbonyl (C=O) groups is 2. The molecule has 8 heteroatoms. The number of likely N-dealkylation sites (tertiary alicyclic amines) is 1. The molecular formula is C16H26ClN5O2. The molecule has 24 heavy (non-hydrogen) atoms. The third-order valence-electron chi connectivity index (χ3n) is 4.72. The molecule has 1 N–H and O–H groups in total. The fraction of sp³-hybridized carbons (Fsp3) is 0.688. The van der Waals surface area contributed by atoms with Gasteiger partial charge in [0.15, 0.2) is 5.69 Å². The summed E-state index contributed by atoms with van der Waals surface area (Å²) in [6.45, 7) is 7.78. The second-order valence-electron chi connectivity index (χ2n) is 6.24. The number of carbonyl (C=O) groups excluding carboxylic acids is 2. The van der Waals surface area contributed by atoms with E-state index >= 15 is 0 Å². The Kier molecular flexibility index (Phi) is 5.87. The third-order valence-corrected chi connectivity index (χ3v) is 5.17. The summed E-state index contributed by atoms with van der Waals surface area (Å²) in [6.07, 6.45) is 0.598. The first-order valence-electron chi connectivity index (χ1n) is 8.29. The highest BCUT2D eigenvalue weighted by Crippen LogP contribution is 2.21. The number of hydrogen-bond donors (Lipinski definition) is 1. The van der Waals surface area contributed by atoms with Crippen molar-refractivity contribution < 1.29 is 9.59 Å². The second-order valence-corrected chi connectivity index (χ2v) is 6.62. The predicted molar refractivity (Wildman–Crippen MR) is 93.2 cm³/mol. The van der Waals surface area contributed by atoms with E-state index in [1.54, 1.807) is 11.7 Å². The lowest BCUT2D eigenvalue weighted by Crippen LogP contribution is -2.44. The van der Waals surface area contributed by atoms with E-state index in [0.29, 0.717) is 31.1 Å². The van der Waals surface area contributed by atoms with Crippen LogP contribution in [0, 0.1) is 6.92 Å². The zero-order chi connectivity index (χ0) is 18.0. The highest BCUT2D eigenvalue weighted by atomic mass is 35.5. The van der Waals surface area contributed by atoms with Crippen LogP contribution in [0.3, 0.4) is 0 Å². The lowest BCUT2D eigenvalue weighted by molar-refractivity contribution is -0.135. The number of aryl methyl sites for hydroxylation is 1. The molecular weight excluding hydrogens is 330 g/mol. The molecule has 0 spiro atoms. The number of nitrogens with one attached hydrogen (secondary N) is 1. The molecule has 2 amide bonds. The van der Waals surface area contributed by atoms with Crippen LogP contribution < -0.4 is 5.32 Å². The molecule has 1 fully saturated rings. The topological polar surface area (TPSA) is 70.5 Å². The Balaban J connectivity index is 2.03. The van der Waals surface area contributed by atoms with Crippen LogP contribution in [0.15, 0.2) is 0 Å². The van der Waals surface area contributed by atoms with Gasteiger partial charge in [-0.25, -0.2) is 0 Å². The molecule has 0 saturated carbocycles. The molecule has 7 nitrogen and oxygen atoms in total. The fourth-order valence-electron chi connectivity index (χ4n) is 3.12. The number of rotatable bonds is 5. The molecule has 0 aromatic carbocycles. The van der Waals surface area contributed by atoms with Gasteiger partial charge in [-0.05, 0) is 34.2 Å². The first-order valence-corrected chi connectivity index (χ1v) is 8.66. The van der Waals surface area contributed by atoms with E-state index in [4.69, 9.17) is 11.6 Å². The Labute approximate surface area is 147 Å². The largest absolute Gasteiger partial charge is 0.346 e. The highest BCUT2D eigenvalue weighted by Gasteiger charge is 2.37. The van der Waals surface area contributed by atoms with Crippen molar-refractivity contribution in [1.29, 1.82) is 0 Å². The molecule has 1 saturated heterocycles. The maximum Gasteiger partial charge on any atom is 0.273 e. The Morgan fingerprint density at radius 1 is 1.33 bits per heavy atom. The summed E-state index contributed by atoms with van der Waals surface area (Å²) in [4.78, 5) is 28.8. The second kappa shape index (κ2) is 7.53. The molecule has 2 heterocycles. The van der Waals surface area contributed by atoms with E-state index in [2.05, 4.69) is 10.4 Å². The predicted octanol–water partition coefficient (Wildman–Crippen LogP) is 1.05. The van der Waals surface area contributed by atoms with E-state index in [9.17, 15) is 9.59 Å². The van der Waals surface area contributed by atoms with Crippen molar-refractivity contribution >= 4 is 23.4 Å². The van der Waals surface area contributed by atoms with Crippen molar-refractivity contribution in [1.82, 2.24) is 24.9 Å². The van der Waals surface area contributed by atoms with Crippen molar-refractivity contribution in [3.63, 3.8) is 0 Å². The maximum atomic E-state index is 12.6. The number of halogens is 1. The summed E-state index contributed by atoms with van der Waals surface area (Å²) in [5.41, 5.74) is 0.984. The summed E-state index contributed by atoms with van der Waals surface area (Å²) in [5.74, 6) is -0.177. The molecule has 2 rings (SSSR count). The smallest absolute Gasteiger partial charge is 0.273 e. The van der Waals surface area contributed by atoms with E-state index in [1.807, 2.05) is 37.6 Å². The van der Waals surface area contributed by atoms with Crippen LogP contribution in [0.2, 0.25) is 5.02 Å². The monoisotopic (exact) mass is 355 g/mol. The Hall–Kier alpha value is -1.60. The van der Waals surface area contributed by atoms with Crippen molar-refractivity contribution in [3.05, 3.63) is 16.4 Å². The fourth-order valence-corrected chi connectivity index (χ4v) is 3.37. The lowest BCUT2D eigenvalue weighted by Gasteiger charge is -2.26. The van der Waals surface area contributed by atoms with Crippen molar-refractivity contribution in [3.8, 4) is 0 Å². The van der Waals surface area contributed by atoms with E-state index in [1.165, 1.54) is 0 Å². The van der Waals surface area contributed by atoms with Gasteiger partial charge in [0.1, 0.15) is 0 Å². The standard InChI is InChI=1S/C16H26ClN5O2/c1-6-22(7-2)16(24)12-8-11(9-20(12)4)18-15(23)14-13(17)10(3)21(5)19-14/h11-12H,6-9H2,1-5H3,(H,18,23)/t11-,12+/m1/s1. The number of nitrogens with zero attached hydrogens (tertiary/aromatic N) is 4. The van der Waals surface area contributed by atoms with Gasteiger partial charge < -0.3 is 10.2 Å². The van der Waals surface area contributed by atoms with Gasteiger partial charge in [-0.15, -0.1) is 0 Å². The zero-order valence-corrected chi connectivity index (χ0v) is 15.7. The molecule has 0 aliphatic carbocycles. The van der Waals surface area contributed by atoms with Gasteiger partial charge in [0.05, 0.1) is 16.8 Å². The van der Waals surface area contributed by atoms with Gasteiger partial charge in [-0.3, -0.25) is 19.2 Å². The van der Waals surface area contributed by atoms with Gasteiger partial charge in [0.25, 0.3) is 5.91 Å². The van der Waals surface area contributed by atoms with Gasteiger partial charge in [-0.1, -0.05) is 11.6 Å². The van der Waals surface area contributed by atoms with E-state index in [-0.39, 0.29) is 29.6 Å². The Bertz CT molecular complexity index is 626. The average molecular weight is 356 g/mol. The molecule has 2 atom stereocenters. The first-order chi connectivity index (χ1) is 11.3. The van der Waals surface area contributed by atoms with Crippen LogP contribution in [0.25, 0.3) is 0 Å². The highest BCUT2D eigenvalue weighted by molar-refractivity contribution is 6.34. The quantitative estimate of drug-likeness (QED) is 0.857. The molecule has 134 valence electrons. The average Bonchev–Trinajstić information content (AvgIpc) is 3.03. The normalized spacial score (nSPS) is 21.1. The minimum atomic E-state index is -0.293. The lowest BCUT2D eigenvalue weighted by atomic mass is 10.1. The SMILES string of the molecule is CCN(CC)C(=O)[C@@H]1C[C@@H](NC(=O)c2nn(C)c(C)c2Cl)CN1C. The molecule has 0 unspecified atom stereocenters. The summed E-state index contributed by atoms with van der Waals surface area (Å²) in [6, 6.07) is -0.290. The van der Waals surface area contributed by atoms with E-state index < -0.39 is 0 Å². The van der Waals surface area contributed by atoms with Crippen LogP contribution >= 0.6 is 11.6 Å². The summed E-state index contributed by atoms with van der Waals surface area (Å²) < 4.78 is 1.59. The van der Waals surface area contributed by atoms with Crippen molar-refractivity contribution in [2.45, 2.75) is 39.3 Å². The summed E-state index contributed by atoms with van der Waals surface area (Å²) in [7, 11) is 3.66.